The van der Waals surface area contributed by atoms with E-state index in [1.807, 2.05) is 19.1 Å². The smallest absolute Gasteiger partial charge is 0.125 e. The molecule has 0 fully saturated rings. The molecule has 1 aliphatic carbocycles. The van der Waals surface area contributed by atoms with Crippen molar-refractivity contribution in [1.82, 2.24) is 10.6 Å². The highest BCUT2D eigenvalue weighted by Crippen LogP contribution is 2.22. The van der Waals surface area contributed by atoms with E-state index < -0.39 is 0 Å². The summed E-state index contributed by atoms with van der Waals surface area (Å²) in [7, 11) is 1.66. The third kappa shape index (κ3) is 2.02. The van der Waals surface area contributed by atoms with Crippen molar-refractivity contribution in [1.29, 1.82) is 0 Å². The van der Waals surface area contributed by atoms with Gasteiger partial charge in [-0.1, -0.05) is 17.7 Å². The highest BCUT2D eigenvalue weighted by atomic mass is 35.5. The van der Waals surface area contributed by atoms with Crippen molar-refractivity contribution in [2.45, 2.75) is 13.3 Å². The Hall–Kier alpha value is -1.35. The zero-order valence-electron chi connectivity index (χ0n) is 8.73. The van der Waals surface area contributed by atoms with E-state index in [1.54, 1.807) is 7.11 Å². The van der Waals surface area contributed by atoms with Crippen LogP contribution in [0.2, 0.25) is 0 Å². The molecule has 0 aromatic rings. The predicted octanol–water partition coefficient (Wildman–Crippen LogP) is 2.31. The molecule has 0 radical (unpaired) electrons. The lowest BCUT2D eigenvalue weighted by Gasteiger charge is -2.23. The number of methoxy groups -OCH3 is 1. The van der Waals surface area contributed by atoms with Gasteiger partial charge in [-0.3, -0.25) is 0 Å². The zero-order chi connectivity index (χ0) is 10.8. The molecular formula is C11H13ClN2O. The Balaban J connectivity index is 2.34. The van der Waals surface area contributed by atoms with E-state index >= 15 is 0 Å². The molecule has 0 aromatic carbocycles. The highest BCUT2D eigenvalue weighted by molar-refractivity contribution is 6.29. The van der Waals surface area contributed by atoms with Gasteiger partial charge in [0.2, 0.25) is 0 Å². The minimum Gasteiger partial charge on any atom is -0.497 e. The largest absolute Gasteiger partial charge is 0.497 e. The molecule has 0 bridgehead atoms. The molecular weight excluding hydrogens is 212 g/mol. The van der Waals surface area contributed by atoms with Gasteiger partial charge >= 0.3 is 0 Å². The van der Waals surface area contributed by atoms with Gasteiger partial charge in [-0.2, -0.15) is 0 Å². The lowest BCUT2D eigenvalue weighted by atomic mass is 10.2. The number of nitrogens with one attached hydrogen (secondary N) is 2. The SMILES string of the molecule is COC1=CCC=C2NC(C)=C(Cl)NC2=C1. The topological polar surface area (TPSA) is 33.3 Å². The van der Waals surface area contributed by atoms with Crippen LogP contribution in [0.15, 0.2) is 46.2 Å². The number of rotatable bonds is 1. The molecule has 0 unspecified atom stereocenters. The average Bonchev–Trinajstić information content (AvgIpc) is 2.41. The summed E-state index contributed by atoms with van der Waals surface area (Å²) in [5.74, 6) is 0.842. The second kappa shape index (κ2) is 4.03. The van der Waals surface area contributed by atoms with Crippen molar-refractivity contribution in [2.24, 2.45) is 0 Å². The van der Waals surface area contributed by atoms with Crippen LogP contribution >= 0.6 is 11.6 Å². The van der Waals surface area contributed by atoms with Crippen LogP contribution in [0, 0.1) is 0 Å². The maximum absolute atomic E-state index is 6.01. The van der Waals surface area contributed by atoms with E-state index in [4.69, 9.17) is 16.3 Å². The first-order valence-corrected chi connectivity index (χ1v) is 5.15. The summed E-state index contributed by atoms with van der Waals surface area (Å²) in [5, 5.41) is 6.99. The maximum Gasteiger partial charge on any atom is 0.125 e. The molecule has 1 heterocycles. The Labute approximate surface area is 94.1 Å². The van der Waals surface area contributed by atoms with E-state index in [0.717, 1.165) is 29.3 Å². The van der Waals surface area contributed by atoms with Crippen LogP contribution in [-0.2, 0) is 4.74 Å². The fourth-order valence-electron chi connectivity index (χ4n) is 1.51. The van der Waals surface area contributed by atoms with Gasteiger partial charge in [0, 0.05) is 11.8 Å². The second-order valence-electron chi connectivity index (χ2n) is 3.41. The van der Waals surface area contributed by atoms with Crippen molar-refractivity contribution in [3.05, 3.63) is 46.2 Å². The fourth-order valence-corrected chi connectivity index (χ4v) is 1.66. The summed E-state index contributed by atoms with van der Waals surface area (Å²) in [4.78, 5) is 0. The molecule has 0 saturated carbocycles. The van der Waals surface area contributed by atoms with Gasteiger partial charge < -0.3 is 15.4 Å². The second-order valence-corrected chi connectivity index (χ2v) is 3.79. The lowest BCUT2D eigenvalue weighted by Crippen LogP contribution is -2.29. The van der Waals surface area contributed by atoms with E-state index in [2.05, 4.69) is 16.7 Å². The van der Waals surface area contributed by atoms with Gasteiger partial charge in [0.05, 0.1) is 18.5 Å². The summed E-state index contributed by atoms with van der Waals surface area (Å²) in [6, 6.07) is 0. The molecule has 2 rings (SSSR count). The first-order chi connectivity index (χ1) is 7.20. The summed E-state index contributed by atoms with van der Waals surface area (Å²) in [6.07, 6.45) is 6.89. The molecule has 2 aliphatic rings. The maximum atomic E-state index is 6.01. The highest BCUT2D eigenvalue weighted by Gasteiger charge is 2.16. The monoisotopic (exact) mass is 224 g/mol. The van der Waals surface area contributed by atoms with Crippen molar-refractivity contribution in [2.75, 3.05) is 7.11 Å². The van der Waals surface area contributed by atoms with E-state index in [0.29, 0.717) is 5.16 Å². The Morgan fingerprint density at radius 3 is 2.80 bits per heavy atom. The Bertz CT molecular complexity index is 405. The average molecular weight is 225 g/mol. The lowest BCUT2D eigenvalue weighted by molar-refractivity contribution is 0.305. The molecule has 3 nitrogen and oxygen atoms in total. The molecule has 2 N–H and O–H groups in total. The van der Waals surface area contributed by atoms with Gasteiger partial charge in [-0.05, 0) is 19.4 Å². The third-order valence-electron chi connectivity index (χ3n) is 2.35. The van der Waals surface area contributed by atoms with Crippen molar-refractivity contribution < 1.29 is 4.74 Å². The molecule has 15 heavy (non-hydrogen) atoms. The molecule has 0 spiro atoms. The van der Waals surface area contributed by atoms with Crippen LogP contribution in [0.1, 0.15) is 13.3 Å². The zero-order valence-corrected chi connectivity index (χ0v) is 9.48. The quantitative estimate of drug-likeness (QED) is 0.671. The van der Waals surface area contributed by atoms with Crippen molar-refractivity contribution in [3.63, 3.8) is 0 Å². The van der Waals surface area contributed by atoms with Crippen LogP contribution in [0.25, 0.3) is 0 Å². The predicted molar refractivity (Wildman–Crippen MR) is 60.7 cm³/mol. The third-order valence-corrected chi connectivity index (χ3v) is 2.73. The molecule has 80 valence electrons. The van der Waals surface area contributed by atoms with Crippen molar-refractivity contribution in [3.8, 4) is 0 Å². The summed E-state index contributed by atoms with van der Waals surface area (Å²) < 4.78 is 5.21. The van der Waals surface area contributed by atoms with Crippen LogP contribution in [0.4, 0.5) is 0 Å². The number of ether oxygens (including phenoxy) is 1. The molecule has 0 atom stereocenters. The van der Waals surface area contributed by atoms with Gasteiger partial charge in [-0.15, -0.1) is 0 Å². The number of allylic oxidation sites excluding steroid dienone is 4. The van der Waals surface area contributed by atoms with Gasteiger partial charge in [0.1, 0.15) is 10.9 Å². The Morgan fingerprint density at radius 2 is 2.07 bits per heavy atom. The minimum absolute atomic E-state index is 0.621. The van der Waals surface area contributed by atoms with E-state index in [1.165, 1.54) is 0 Å². The molecule has 0 saturated heterocycles. The summed E-state index contributed by atoms with van der Waals surface area (Å²) in [5.41, 5.74) is 2.91. The standard InChI is InChI=1S/C11H13ClN2O/c1-7-11(12)14-10-6-8(15-2)4-3-5-9(10)13-7/h4-6,13-14H,3H2,1-2H3. The molecule has 4 heteroatoms. The number of hydrogen-bond donors (Lipinski definition) is 2. The van der Waals surface area contributed by atoms with Crippen LogP contribution in [0.3, 0.4) is 0 Å². The van der Waals surface area contributed by atoms with Gasteiger partial charge in [-0.25, -0.2) is 0 Å². The van der Waals surface area contributed by atoms with Crippen molar-refractivity contribution >= 4 is 11.6 Å². The van der Waals surface area contributed by atoms with E-state index in [-0.39, 0.29) is 0 Å². The Kier molecular flexibility index (Phi) is 2.73. The van der Waals surface area contributed by atoms with E-state index in [9.17, 15) is 0 Å². The summed E-state index contributed by atoms with van der Waals surface area (Å²) in [6.45, 7) is 1.93. The van der Waals surface area contributed by atoms with Gasteiger partial charge in [0.25, 0.3) is 0 Å². The van der Waals surface area contributed by atoms with Crippen LogP contribution in [0.5, 0.6) is 0 Å². The summed E-state index contributed by atoms with van der Waals surface area (Å²) >= 11 is 6.01. The minimum atomic E-state index is 0.621. The first-order valence-electron chi connectivity index (χ1n) is 4.77. The fraction of sp³-hybridized carbons (Fsp3) is 0.273. The number of hydrogen-bond acceptors (Lipinski definition) is 3. The molecule has 0 aromatic heterocycles. The Morgan fingerprint density at radius 1 is 1.27 bits per heavy atom. The first kappa shape index (κ1) is 10.2. The number of fused-ring (bicyclic) bond motifs is 1. The van der Waals surface area contributed by atoms with Gasteiger partial charge in [0.15, 0.2) is 0 Å². The molecule has 0 amide bonds. The van der Waals surface area contributed by atoms with Crippen LogP contribution in [-0.4, -0.2) is 7.11 Å². The normalized spacial score (nSPS) is 20.1. The molecule has 1 aliphatic heterocycles. The number of halogens is 1. The van der Waals surface area contributed by atoms with Crippen LogP contribution < -0.4 is 10.6 Å².